The lowest BCUT2D eigenvalue weighted by molar-refractivity contribution is -0.139. The topological polar surface area (TPSA) is 82.4 Å². The monoisotopic (exact) mass is 407 g/mol. The van der Waals surface area contributed by atoms with Gasteiger partial charge in [-0.05, 0) is 37.3 Å². The molecule has 0 aliphatic carbocycles. The van der Waals surface area contributed by atoms with E-state index in [0.717, 1.165) is 28.4 Å². The molecule has 1 aliphatic rings. The number of nitrogens with zero attached hydrogens (tertiary/aromatic N) is 5. The van der Waals surface area contributed by atoms with E-state index in [4.69, 9.17) is 14.5 Å². The predicted octanol–water partition coefficient (Wildman–Crippen LogP) is 2.65. The van der Waals surface area contributed by atoms with Gasteiger partial charge in [0.25, 0.3) is 0 Å². The Hall–Kier alpha value is -3.26. The summed E-state index contributed by atoms with van der Waals surface area (Å²) in [6.45, 7) is 4.04. The zero-order chi connectivity index (χ0) is 20.9. The Balaban J connectivity index is 1.41. The van der Waals surface area contributed by atoms with E-state index in [1.165, 1.54) is 0 Å². The SMILES string of the molecule is COc1ccc(-c2cncc([C@H]3CN(C(=O)CCn4ccc(C)n4)CCO3)n2)cc1. The number of morpholine rings is 1. The highest BCUT2D eigenvalue weighted by Gasteiger charge is 2.26. The van der Waals surface area contributed by atoms with Gasteiger partial charge in [0.05, 0.1) is 49.7 Å². The van der Waals surface area contributed by atoms with E-state index < -0.39 is 0 Å². The van der Waals surface area contributed by atoms with Crippen LogP contribution in [-0.4, -0.2) is 57.4 Å². The van der Waals surface area contributed by atoms with Crippen molar-refractivity contribution in [3.63, 3.8) is 0 Å². The summed E-state index contributed by atoms with van der Waals surface area (Å²) in [7, 11) is 1.64. The summed E-state index contributed by atoms with van der Waals surface area (Å²) in [5.74, 6) is 0.883. The van der Waals surface area contributed by atoms with E-state index >= 15 is 0 Å². The van der Waals surface area contributed by atoms with Gasteiger partial charge in [0.2, 0.25) is 5.91 Å². The second-order valence-electron chi connectivity index (χ2n) is 7.23. The van der Waals surface area contributed by atoms with Crippen LogP contribution >= 0.6 is 0 Å². The molecule has 3 heterocycles. The predicted molar refractivity (Wildman–Crippen MR) is 111 cm³/mol. The summed E-state index contributed by atoms with van der Waals surface area (Å²) in [6, 6.07) is 9.61. The molecule has 156 valence electrons. The van der Waals surface area contributed by atoms with Crippen molar-refractivity contribution in [2.45, 2.75) is 26.0 Å². The van der Waals surface area contributed by atoms with Gasteiger partial charge < -0.3 is 14.4 Å². The van der Waals surface area contributed by atoms with Gasteiger partial charge in [0, 0.05) is 31.3 Å². The van der Waals surface area contributed by atoms with E-state index in [1.807, 2.05) is 48.4 Å². The molecule has 0 radical (unpaired) electrons. The Labute approximate surface area is 175 Å². The molecule has 0 unspecified atom stereocenters. The first-order valence-electron chi connectivity index (χ1n) is 9.98. The molecule has 30 heavy (non-hydrogen) atoms. The molecule has 1 saturated heterocycles. The van der Waals surface area contributed by atoms with Crippen LogP contribution in [0.25, 0.3) is 11.3 Å². The average Bonchev–Trinajstić information content (AvgIpc) is 3.23. The molecule has 1 aliphatic heterocycles. The van der Waals surface area contributed by atoms with Gasteiger partial charge in [-0.15, -0.1) is 0 Å². The summed E-state index contributed by atoms with van der Waals surface area (Å²) >= 11 is 0. The van der Waals surface area contributed by atoms with Gasteiger partial charge in [-0.1, -0.05) is 0 Å². The molecule has 8 nitrogen and oxygen atoms in total. The van der Waals surface area contributed by atoms with Crippen LogP contribution in [-0.2, 0) is 16.1 Å². The quantitative estimate of drug-likeness (QED) is 0.625. The fourth-order valence-electron chi connectivity index (χ4n) is 3.45. The van der Waals surface area contributed by atoms with Crippen molar-refractivity contribution in [2.24, 2.45) is 0 Å². The van der Waals surface area contributed by atoms with Crippen molar-refractivity contribution >= 4 is 5.91 Å². The maximum Gasteiger partial charge on any atom is 0.224 e. The van der Waals surface area contributed by atoms with E-state index in [0.29, 0.717) is 32.7 Å². The highest BCUT2D eigenvalue weighted by Crippen LogP contribution is 2.25. The van der Waals surface area contributed by atoms with Gasteiger partial charge in [0.15, 0.2) is 0 Å². The van der Waals surface area contributed by atoms with Crippen LogP contribution in [0.1, 0.15) is 23.9 Å². The Morgan fingerprint density at radius 3 is 2.80 bits per heavy atom. The van der Waals surface area contributed by atoms with Crippen LogP contribution in [0.2, 0.25) is 0 Å². The van der Waals surface area contributed by atoms with Crippen molar-refractivity contribution in [1.82, 2.24) is 24.6 Å². The number of methoxy groups -OCH3 is 1. The Bertz CT molecular complexity index is 1000. The second kappa shape index (κ2) is 9.04. The lowest BCUT2D eigenvalue weighted by Crippen LogP contribution is -2.42. The molecular weight excluding hydrogens is 382 g/mol. The summed E-state index contributed by atoms with van der Waals surface area (Å²) in [5, 5.41) is 4.33. The van der Waals surface area contributed by atoms with Gasteiger partial charge in [-0.2, -0.15) is 5.10 Å². The minimum Gasteiger partial charge on any atom is -0.497 e. The largest absolute Gasteiger partial charge is 0.497 e. The first kappa shape index (κ1) is 20.0. The number of benzene rings is 1. The number of hydrogen-bond donors (Lipinski definition) is 0. The molecule has 1 fully saturated rings. The normalized spacial score (nSPS) is 16.5. The lowest BCUT2D eigenvalue weighted by Gasteiger charge is -2.32. The first-order chi connectivity index (χ1) is 14.6. The van der Waals surface area contributed by atoms with Crippen molar-refractivity contribution in [3.8, 4) is 17.0 Å². The highest BCUT2D eigenvalue weighted by molar-refractivity contribution is 5.76. The minimum atomic E-state index is -0.291. The number of rotatable bonds is 6. The number of ether oxygens (including phenoxy) is 2. The number of hydrogen-bond acceptors (Lipinski definition) is 6. The second-order valence-corrected chi connectivity index (χ2v) is 7.23. The van der Waals surface area contributed by atoms with Crippen molar-refractivity contribution in [1.29, 1.82) is 0 Å². The number of carbonyl (C=O) groups excluding carboxylic acids is 1. The van der Waals surface area contributed by atoms with Gasteiger partial charge in [-0.25, -0.2) is 4.98 Å². The highest BCUT2D eigenvalue weighted by atomic mass is 16.5. The minimum absolute atomic E-state index is 0.0933. The molecule has 4 rings (SSSR count). The summed E-state index contributed by atoms with van der Waals surface area (Å²) < 4.78 is 12.9. The van der Waals surface area contributed by atoms with Crippen LogP contribution in [0, 0.1) is 6.92 Å². The maximum atomic E-state index is 12.7. The van der Waals surface area contributed by atoms with E-state index in [2.05, 4.69) is 10.1 Å². The van der Waals surface area contributed by atoms with Crippen LogP contribution in [0.15, 0.2) is 48.9 Å². The van der Waals surface area contributed by atoms with Gasteiger partial charge in [0.1, 0.15) is 11.9 Å². The average molecular weight is 407 g/mol. The lowest BCUT2D eigenvalue weighted by atomic mass is 10.1. The zero-order valence-electron chi connectivity index (χ0n) is 17.2. The number of aryl methyl sites for hydroxylation is 2. The molecule has 0 bridgehead atoms. The Morgan fingerprint density at radius 2 is 2.07 bits per heavy atom. The van der Waals surface area contributed by atoms with Gasteiger partial charge in [-0.3, -0.25) is 14.5 Å². The van der Waals surface area contributed by atoms with Crippen molar-refractivity contribution in [2.75, 3.05) is 26.8 Å². The molecule has 3 aromatic rings. The molecule has 8 heteroatoms. The third-order valence-electron chi connectivity index (χ3n) is 5.12. The molecule has 0 N–H and O–H groups in total. The van der Waals surface area contributed by atoms with Crippen LogP contribution in [0.3, 0.4) is 0 Å². The summed E-state index contributed by atoms with van der Waals surface area (Å²) in [5.41, 5.74) is 3.38. The van der Waals surface area contributed by atoms with E-state index in [1.54, 1.807) is 24.2 Å². The van der Waals surface area contributed by atoms with Crippen LogP contribution in [0.4, 0.5) is 0 Å². The van der Waals surface area contributed by atoms with Crippen LogP contribution < -0.4 is 4.74 Å². The molecule has 2 aromatic heterocycles. The first-order valence-corrected chi connectivity index (χ1v) is 9.98. The molecule has 0 spiro atoms. The van der Waals surface area contributed by atoms with Crippen molar-refractivity contribution < 1.29 is 14.3 Å². The standard InChI is InChI=1S/C22H25N5O3/c1-16-7-9-27(25-16)10-8-22(28)26-11-12-30-21(15-26)20-14-23-13-19(24-20)17-3-5-18(29-2)6-4-17/h3-7,9,13-14,21H,8,10-12,15H2,1-2H3/t21-/m1/s1. The molecule has 1 amide bonds. The fraction of sp³-hybridized carbons (Fsp3) is 0.364. The zero-order valence-corrected chi connectivity index (χ0v) is 17.2. The van der Waals surface area contributed by atoms with E-state index in [9.17, 15) is 4.79 Å². The molecule has 0 saturated carbocycles. The number of amides is 1. The fourth-order valence-corrected chi connectivity index (χ4v) is 3.45. The van der Waals surface area contributed by atoms with E-state index in [-0.39, 0.29) is 12.0 Å². The molecular formula is C22H25N5O3. The number of aromatic nitrogens is 4. The smallest absolute Gasteiger partial charge is 0.224 e. The third-order valence-corrected chi connectivity index (χ3v) is 5.12. The summed E-state index contributed by atoms with van der Waals surface area (Å²) in [6.07, 6.45) is 5.44. The maximum absolute atomic E-state index is 12.7. The Morgan fingerprint density at radius 1 is 1.23 bits per heavy atom. The van der Waals surface area contributed by atoms with Gasteiger partial charge >= 0.3 is 0 Å². The third kappa shape index (κ3) is 4.65. The molecule has 1 atom stereocenters. The Kier molecular flexibility index (Phi) is 6.04. The summed E-state index contributed by atoms with van der Waals surface area (Å²) in [4.78, 5) is 23.6. The van der Waals surface area contributed by atoms with Crippen LogP contribution in [0.5, 0.6) is 5.75 Å². The number of carbonyl (C=O) groups is 1. The van der Waals surface area contributed by atoms with Crippen molar-refractivity contribution in [3.05, 3.63) is 60.3 Å². The molecule has 1 aromatic carbocycles.